The number of aromatic nitrogens is 1. The maximum absolute atomic E-state index is 11.0. The van der Waals surface area contributed by atoms with Crippen molar-refractivity contribution < 1.29 is 4.92 Å². The molecule has 1 N–H and O–H groups in total. The van der Waals surface area contributed by atoms with Crippen LogP contribution in [0.1, 0.15) is 18.5 Å². The highest BCUT2D eigenvalue weighted by molar-refractivity contribution is 9.10. The van der Waals surface area contributed by atoms with E-state index in [9.17, 15) is 10.1 Å². The van der Waals surface area contributed by atoms with Gasteiger partial charge in [0, 0.05) is 16.7 Å². The molecule has 1 heterocycles. The molecular weight excluding hydrogens is 346 g/mol. The number of pyridine rings is 1. The van der Waals surface area contributed by atoms with Crippen molar-refractivity contribution in [3.63, 3.8) is 0 Å². The van der Waals surface area contributed by atoms with Crippen molar-refractivity contribution in [1.82, 2.24) is 4.98 Å². The van der Waals surface area contributed by atoms with Crippen LogP contribution < -0.4 is 5.32 Å². The van der Waals surface area contributed by atoms with E-state index >= 15 is 0 Å². The predicted molar refractivity (Wildman–Crippen MR) is 82.1 cm³/mol. The lowest BCUT2D eigenvalue weighted by molar-refractivity contribution is -0.385. The summed E-state index contributed by atoms with van der Waals surface area (Å²) in [7, 11) is 0. The lowest BCUT2D eigenvalue weighted by atomic mass is 10.1. The molecule has 0 saturated carbocycles. The number of nitro benzene ring substituents is 1. The van der Waals surface area contributed by atoms with Crippen LogP contribution in [0.2, 0.25) is 5.15 Å². The zero-order valence-electron chi connectivity index (χ0n) is 10.5. The first-order valence-corrected chi connectivity index (χ1v) is 6.97. The Kier molecular flexibility index (Phi) is 4.57. The first kappa shape index (κ1) is 14.7. The maximum atomic E-state index is 11.0. The van der Waals surface area contributed by atoms with E-state index in [1.807, 2.05) is 6.92 Å². The molecule has 0 aliphatic heterocycles. The van der Waals surface area contributed by atoms with Crippen LogP contribution in [0.4, 0.5) is 11.4 Å². The molecule has 0 spiro atoms. The molecule has 104 valence electrons. The second-order valence-corrected chi connectivity index (χ2v) is 5.45. The summed E-state index contributed by atoms with van der Waals surface area (Å²) in [6.07, 6.45) is 1.59. The highest BCUT2D eigenvalue weighted by Crippen LogP contribution is 2.30. The average molecular weight is 357 g/mol. The number of para-hydroxylation sites is 1. The predicted octanol–water partition coefficient (Wildman–Crippen LogP) is 4.58. The van der Waals surface area contributed by atoms with Crippen LogP contribution in [-0.2, 0) is 0 Å². The molecule has 20 heavy (non-hydrogen) atoms. The molecule has 2 rings (SSSR count). The van der Waals surface area contributed by atoms with Crippen molar-refractivity contribution in [1.29, 1.82) is 0 Å². The third kappa shape index (κ3) is 3.26. The summed E-state index contributed by atoms with van der Waals surface area (Å²) in [4.78, 5) is 14.6. The fraction of sp³-hybridized carbons (Fsp3) is 0.154. The van der Waals surface area contributed by atoms with Crippen LogP contribution in [0.15, 0.2) is 41.0 Å². The molecule has 1 aromatic heterocycles. The standard InChI is InChI=1S/C13H11BrClN3O2/c1-8(10-4-2-3-5-12(10)18(19)20)17-11-6-9(14)7-16-13(11)15/h2-8,17H,1H3. The highest BCUT2D eigenvalue weighted by atomic mass is 79.9. The van der Waals surface area contributed by atoms with Gasteiger partial charge in [0.15, 0.2) is 5.15 Å². The van der Waals surface area contributed by atoms with E-state index in [0.717, 1.165) is 4.47 Å². The van der Waals surface area contributed by atoms with E-state index in [0.29, 0.717) is 16.4 Å². The van der Waals surface area contributed by atoms with Gasteiger partial charge in [-0.25, -0.2) is 4.98 Å². The minimum atomic E-state index is -0.395. The molecule has 7 heteroatoms. The molecule has 0 radical (unpaired) electrons. The van der Waals surface area contributed by atoms with Crippen molar-refractivity contribution in [3.05, 3.63) is 61.8 Å². The number of anilines is 1. The van der Waals surface area contributed by atoms with E-state index < -0.39 is 4.92 Å². The molecule has 0 bridgehead atoms. The van der Waals surface area contributed by atoms with Gasteiger partial charge >= 0.3 is 0 Å². The van der Waals surface area contributed by atoms with Crippen molar-refractivity contribution in [3.8, 4) is 0 Å². The second-order valence-electron chi connectivity index (χ2n) is 4.17. The SMILES string of the molecule is CC(Nc1cc(Br)cnc1Cl)c1ccccc1[N+](=O)[O-]. The van der Waals surface area contributed by atoms with E-state index in [1.54, 1.807) is 30.5 Å². The van der Waals surface area contributed by atoms with Gasteiger partial charge in [-0.3, -0.25) is 10.1 Å². The summed E-state index contributed by atoms with van der Waals surface area (Å²) in [5.74, 6) is 0. The summed E-state index contributed by atoms with van der Waals surface area (Å²) in [6.45, 7) is 1.83. The summed E-state index contributed by atoms with van der Waals surface area (Å²) in [5.41, 5.74) is 1.28. The fourth-order valence-electron chi connectivity index (χ4n) is 1.85. The Morgan fingerprint density at radius 1 is 1.45 bits per heavy atom. The zero-order valence-corrected chi connectivity index (χ0v) is 12.9. The number of nitro groups is 1. The number of nitrogens with one attached hydrogen (secondary N) is 1. The van der Waals surface area contributed by atoms with Gasteiger partial charge in [0.1, 0.15) is 0 Å². The molecule has 1 aromatic carbocycles. The Labute approximate surface area is 129 Å². The summed E-state index contributed by atoms with van der Waals surface area (Å²) in [6, 6.07) is 8.11. The van der Waals surface area contributed by atoms with Crippen molar-refractivity contribution in [2.45, 2.75) is 13.0 Å². The monoisotopic (exact) mass is 355 g/mol. The Balaban J connectivity index is 2.31. The molecular formula is C13H11BrClN3O2. The molecule has 0 fully saturated rings. The van der Waals surface area contributed by atoms with Gasteiger partial charge in [-0.05, 0) is 28.9 Å². The third-order valence-corrected chi connectivity index (χ3v) is 3.51. The summed E-state index contributed by atoms with van der Waals surface area (Å²) < 4.78 is 0.777. The number of hydrogen-bond donors (Lipinski definition) is 1. The number of nitrogens with zero attached hydrogens (tertiary/aromatic N) is 2. The van der Waals surface area contributed by atoms with E-state index in [2.05, 4.69) is 26.2 Å². The highest BCUT2D eigenvalue weighted by Gasteiger charge is 2.18. The largest absolute Gasteiger partial charge is 0.376 e. The van der Waals surface area contributed by atoms with Gasteiger partial charge in [0.2, 0.25) is 0 Å². The van der Waals surface area contributed by atoms with Crippen LogP contribution in [0, 0.1) is 10.1 Å². The van der Waals surface area contributed by atoms with Crippen molar-refractivity contribution in [2.24, 2.45) is 0 Å². The lowest BCUT2D eigenvalue weighted by Gasteiger charge is -2.16. The molecule has 0 amide bonds. The van der Waals surface area contributed by atoms with Crippen LogP contribution in [-0.4, -0.2) is 9.91 Å². The number of benzene rings is 1. The summed E-state index contributed by atoms with van der Waals surface area (Å²) >= 11 is 9.31. The van der Waals surface area contributed by atoms with E-state index in [-0.39, 0.29) is 11.7 Å². The normalized spacial score (nSPS) is 11.9. The van der Waals surface area contributed by atoms with Crippen molar-refractivity contribution in [2.75, 3.05) is 5.32 Å². The fourth-order valence-corrected chi connectivity index (χ4v) is 2.34. The minimum absolute atomic E-state index is 0.0755. The Hall–Kier alpha value is -1.66. The van der Waals surface area contributed by atoms with Gasteiger partial charge in [0.25, 0.3) is 5.69 Å². The first-order valence-electron chi connectivity index (χ1n) is 5.80. The van der Waals surface area contributed by atoms with Crippen molar-refractivity contribution >= 4 is 38.9 Å². The van der Waals surface area contributed by atoms with Gasteiger partial charge in [-0.1, -0.05) is 29.8 Å². The smallest absolute Gasteiger partial charge is 0.274 e. The number of hydrogen-bond acceptors (Lipinski definition) is 4. The minimum Gasteiger partial charge on any atom is -0.376 e. The number of rotatable bonds is 4. The van der Waals surface area contributed by atoms with Crippen LogP contribution >= 0.6 is 27.5 Å². The first-order chi connectivity index (χ1) is 9.49. The van der Waals surface area contributed by atoms with Gasteiger partial charge < -0.3 is 5.32 Å². The third-order valence-electron chi connectivity index (χ3n) is 2.78. The average Bonchev–Trinajstić information content (AvgIpc) is 2.42. The molecule has 0 saturated heterocycles. The van der Waals surface area contributed by atoms with Gasteiger partial charge in [0.05, 0.1) is 22.2 Å². The Bertz CT molecular complexity index is 651. The second kappa shape index (κ2) is 6.19. The lowest BCUT2D eigenvalue weighted by Crippen LogP contribution is -2.09. The summed E-state index contributed by atoms with van der Waals surface area (Å²) in [5, 5.41) is 14.5. The van der Waals surface area contributed by atoms with Crippen LogP contribution in [0.3, 0.4) is 0 Å². The Morgan fingerprint density at radius 3 is 2.85 bits per heavy atom. The number of halogens is 2. The Morgan fingerprint density at radius 2 is 2.15 bits per heavy atom. The molecule has 1 unspecified atom stereocenters. The topological polar surface area (TPSA) is 68.1 Å². The molecule has 1 atom stereocenters. The van der Waals surface area contributed by atoms with Gasteiger partial charge in [-0.15, -0.1) is 0 Å². The quantitative estimate of drug-likeness (QED) is 0.494. The van der Waals surface area contributed by atoms with Crippen LogP contribution in [0.25, 0.3) is 0 Å². The zero-order chi connectivity index (χ0) is 14.7. The maximum Gasteiger partial charge on any atom is 0.274 e. The van der Waals surface area contributed by atoms with Crippen LogP contribution in [0.5, 0.6) is 0 Å². The molecule has 2 aromatic rings. The molecule has 0 aliphatic rings. The molecule has 5 nitrogen and oxygen atoms in total. The van der Waals surface area contributed by atoms with Gasteiger partial charge in [-0.2, -0.15) is 0 Å². The molecule has 0 aliphatic carbocycles. The van der Waals surface area contributed by atoms with E-state index in [1.165, 1.54) is 6.07 Å². The van der Waals surface area contributed by atoms with E-state index in [4.69, 9.17) is 11.6 Å².